The Morgan fingerprint density at radius 2 is 2.12 bits per heavy atom. The summed E-state index contributed by atoms with van der Waals surface area (Å²) < 4.78 is 14.5. The summed E-state index contributed by atoms with van der Waals surface area (Å²) in [5.41, 5.74) is 6.73. The van der Waals surface area contributed by atoms with E-state index in [9.17, 15) is 4.39 Å². The van der Waals surface area contributed by atoms with Gasteiger partial charge in [-0.1, -0.05) is 23.9 Å². The predicted octanol–water partition coefficient (Wildman–Crippen LogP) is 1.75. The number of aromatic nitrogens is 3. The van der Waals surface area contributed by atoms with Crippen LogP contribution in [0.2, 0.25) is 0 Å². The summed E-state index contributed by atoms with van der Waals surface area (Å²) in [6.07, 6.45) is 1.50. The molecule has 0 fully saturated rings. The number of benzene rings is 1. The fourth-order valence-electron chi connectivity index (χ4n) is 1.45. The molecule has 17 heavy (non-hydrogen) atoms. The van der Waals surface area contributed by atoms with Crippen LogP contribution >= 0.6 is 11.8 Å². The molecule has 90 valence electrons. The van der Waals surface area contributed by atoms with E-state index in [1.807, 2.05) is 7.05 Å². The quantitative estimate of drug-likeness (QED) is 0.842. The molecule has 0 saturated heterocycles. The molecule has 2 aromatic rings. The van der Waals surface area contributed by atoms with E-state index >= 15 is 0 Å². The first-order chi connectivity index (χ1) is 8.20. The molecule has 0 saturated carbocycles. The Kier molecular flexibility index (Phi) is 3.75. The number of hydrogen-bond acceptors (Lipinski definition) is 4. The van der Waals surface area contributed by atoms with Crippen molar-refractivity contribution in [1.82, 2.24) is 14.8 Å². The summed E-state index contributed by atoms with van der Waals surface area (Å²) >= 11 is 1.52. The summed E-state index contributed by atoms with van der Waals surface area (Å²) in [7, 11) is 1.83. The normalized spacial score (nSPS) is 12.6. The molecule has 1 aromatic carbocycles. The molecule has 4 nitrogen and oxygen atoms in total. The first-order valence-electron chi connectivity index (χ1n) is 5.17. The van der Waals surface area contributed by atoms with Crippen LogP contribution in [0.25, 0.3) is 0 Å². The van der Waals surface area contributed by atoms with Crippen molar-refractivity contribution in [2.45, 2.75) is 10.4 Å². The van der Waals surface area contributed by atoms with Gasteiger partial charge in [0.2, 0.25) is 0 Å². The standard InChI is InChI=1S/C11H13FN4S/c1-16-11(14-7-15-16)17-10(6-13)8-2-4-9(12)5-3-8/h2-5,7,10H,6,13H2,1H3. The van der Waals surface area contributed by atoms with Gasteiger partial charge in [0.05, 0.1) is 0 Å². The van der Waals surface area contributed by atoms with Crippen LogP contribution < -0.4 is 5.73 Å². The highest BCUT2D eigenvalue weighted by molar-refractivity contribution is 7.99. The van der Waals surface area contributed by atoms with Gasteiger partial charge in [-0.25, -0.2) is 14.1 Å². The molecular weight excluding hydrogens is 239 g/mol. The van der Waals surface area contributed by atoms with Gasteiger partial charge in [0.15, 0.2) is 5.16 Å². The molecule has 0 radical (unpaired) electrons. The third-order valence-electron chi connectivity index (χ3n) is 2.37. The van der Waals surface area contributed by atoms with Crippen LogP contribution in [0.1, 0.15) is 10.8 Å². The topological polar surface area (TPSA) is 56.7 Å². The molecule has 2 N–H and O–H groups in total. The summed E-state index contributed by atoms with van der Waals surface area (Å²) in [6, 6.07) is 6.37. The van der Waals surface area contributed by atoms with Crippen LogP contribution in [0.15, 0.2) is 35.7 Å². The third kappa shape index (κ3) is 2.83. The molecule has 0 aliphatic carbocycles. The summed E-state index contributed by atoms with van der Waals surface area (Å²) in [5.74, 6) is -0.242. The highest BCUT2D eigenvalue weighted by atomic mass is 32.2. The average molecular weight is 252 g/mol. The Morgan fingerprint density at radius 3 is 2.65 bits per heavy atom. The summed E-state index contributed by atoms with van der Waals surface area (Å²) in [5, 5.41) is 4.85. The second-order valence-electron chi connectivity index (χ2n) is 3.56. The fraction of sp³-hybridized carbons (Fsp3) is 0.273. The van der Waals surface area contributed by atoms with Gasteiger partial charge in [-0.15, -0.1) is 0 Å². The highest BCUT2D eigenvalue weighted by Crippen LogP contribution is 2.32. The Hall–Kier alpha value is -1.40. The Labute approximate surface area is 103 Å². The molecule has 1 unspecified atom stereocenters. The zero-order valence-corrected chi connectivity index (χ0v) is 10.2. The number of aryl methyl sites for hydroxylation is 1. The molecular formula is C11H13FN4S. The smallest absolute Gasteiger partial charge is 0.186 e. The van der Waals surface area contributed by atoms with Crippen molar-refractivity contribution in [1.29, 1.82) is 0 Å². The molecule has 1 atom stereocenters. The molecule has 6 heteroatoms. The maximum atomic E-state index is 12.8. The van der Waals surface area contributed by atoms with Crippen LogP contribution in [0.5, 0.6) is 0 Å². The maximum Gasteiger partial charge on any atom is 0.186 e. The Bertz CT molecular complexity index is 482. The van der Waals surface area contributed by atoms with E-state index in [-0.39, 0.29) is 11.1 Å². The zero-order valence-electron chi connectivity index (χ0n) is 9.38. The minimum atomic E-state index is -0.242. The summed E-state index contributed by atoms with van der Waals surface area (Å²) in [6.45, 7) is 0.461. The average Bonchev–Trinajstić information content (AvgIpc) is 2.73. The molecule has 1 heterocycles. The van der Waals surface area contributed by atoms with E-state index in [1.54, 1.807) is 16.8 Å². The first-order valence-corrected chi connectivity index (χ1v) is 6.05. The third-order valence-corrected chi connectivity index (χ3v) is 3.70. The van der Waals surface area contributed by atoms with Crippen LogP contribution in [0.3, 0.4) is 0 Å². The zero-order chi connectivity index (χ0) is 12.3. The van der Waals surface area contributed by atoms with Crippen molar-refractivity contribution in [3.05, 3.63) is 42.0 Å². The molecule has 0 aliphatic rings. The van der Waals surface area contributed by atoms with E-state index in [0.29, 0.717) is 6.54 Å². The van der Waals surface area contributed by atoms with Gasteiger partial charge >= 0.3 is 0 Å². The van der Waals surface area contributed by atoms with Crippen molar-refractivity contribution in [3.63, 3.8) is 0 Å². The second-order valence-corrected chi connectivity index (χ2v) is 4.73. The van der Waals surface area contributed by atoms with Gasteiger partial charge in [0.1, 0.15) is 12.1 Å². The predicted molar refractivity (Wildman–Crippen MR) is 65.1 cm³/mol. The molecule has 0 amide bonds. The van der Waals surface area contributed by atoms with E-state index in [4.69, 9.17) is 5.73 Å². The van der Waals surface area contributed by atoms with Gasteiger partial charge in [-0.05, 0) is 17.7 Å². The van der Waals surface area contributed by atoms with Crippen LogP contribution in [0.4, 0.5) is 4.39 Å². The van der Waals surface area contributed by atoms with Crippen LogP contribution in [0, 0.1) is 5.82 Å². The lowest BCUT2D eigenvalue weighted by molar-refractivity contribution is 0.627. The van der Waals surface area contributed by atoms with E-state index in [2.05, 4.69) is 10.1 Å². The number of hydrogen-bond donors (Lipinski definition) is 1. The molecule has 0 bridgehead atoms. The lowest BCUT2D eigenvalue weighted by Gasteiger charge is -2.13. The number of nitrogens with two attached hydrogens (primary N) is 1. The summed E-state index contributed by atoms with van der Waals surface area (Å²) in [4.78, 5) is 4.13. The van der Waals surface area contributed by atoms with Gasteiger partial charge < -0.3 is 5.73 Å². The van der Waals surface area contributed by atoms with Gasteiger partial charge in [-0.2, -0.15) is 5.10 Å². The van der Waals surface area contributed by atoms with Crippen molar-refractivity contribution < 1.29 is 4.39 Å². The second kappa shape index (κ2) is 5.29. The largest absolute Gasteiger partial charge is 0.329 e. The molecule has 0 aliphatic heterocycles. The fourth-order valence-corrected chi connectivity index (χ4v) is 2.40. The Balaban J connectivity index is 2.17. The van der Waals surface area contributed by atoms with E-state index in [1.165, 1.54) is 30.2 Å². The van der Waals surface area contributed by atoms with Crippen LogP contribution in [-0.4, -0.2) is 21.3 Å². The van der Waals surface area contributed by atoms with Gasteiger partial charge in [0, 0.05) is 18.8 Å². The SMILES string of the molecule is Cn1ncnc1SC(CN)c1ccc(F)cc1. The minimum Gasteiger partial charge on any atom is -0.329 e. The van der Waals surface area contributed by atoms with Crippen LogP contribution in [-0.2, 0) is 7.05 Å². The van der Waals surface area contributed by atoms with E-state index in [0.717, 1.165) is 10.7 Å². The van der Waals surface area contributed by atoms with Crippen molar-refractivity contribution >= 4 is 11.8 Å². The first kappa shape index (κ1) is 12.1. The van der Waals surface area contributed by atoms with Crippen molar-refractivity contribution in [2.24, 2.45) is 12.8 Å². The number of rotatable bonds is 4. The van der Waals surface area contributed by atoms with Crippen molar-refractivity contribution in [2.75, 3.05) is 6.54 Å². The lowest BCUT2D eigenvalue weighted by Crippen LogP contribution is -2.10. The van der Waals surface area contributed by atoms with Gasteiger partial charge in [0.25, 0.3) is 0 Å². The Morgan fingerprint density at radius 1 is 1.41 bits per heavy atom. The molecule has 0 spiro atoms. The number of halogens is 1. The highest BCUT2D eigenvalue weighted by Gasteiger charge is 2.14. The number of thioether (sulfide) groups is 1. The minimum absolute atomic E-state index is 0.0542. The molecule has 1 aromatic heterocycles. The maximum absolute atomic E-state index is 12.8. The number of nitrogens with zero attached hydrogens (tertiary/aromatic N) is 3. The molecule has 2 rings (SSSR count). The van der Waals surface area contributed by atoms with Gasteiger partial charge in [-0.3, -0.25) is 0 Å². The monoisotopic (exact) mass is 252 g/mol. The van der Waals surface area contributed by atoms with Crippen molar-refractivity contribution in [3.8, 4) is 0 Å². The van der Waals surface area contributed by atoms with E-state index < -0.39 is 0 Å². The lowest BCUT2D eigenvalue weighted by atomic mass is 10.1.